The smallest absolute Gasteiger partial charge is 0.158 e. The molecule has 0 saturated heterocycles. The maximum Gasteiger partial charge on any atom is 0.158 e. The van der Waals surface area contributed by atoms with E-state index in [4.69, 9.17) is 0 Å². The lowest BCUT2D eigenvalue weighted by Crippen LogP contribution is -2.18. The lowest BCUT2D eigenvalue weighted by atomic mass is 9.78. The molecule has 0 aromatic carbocycles. The van der Waals surface area contributed by atoms with Crippen molar-refractivity contribution >= 4 is 11.6 Å². The predicted molar refractivity (Wildman–Crippen MR) is 114 cm³/mol. The summed E-state index contributed by atoms with van der Waals surface area (Å²) in [6.45, 7) is 11.1. The van der Waals surface area contributed by atoms with E-state index in [0.717, 1.165) is 56.1 Å². The van der Waals surface area contributed by atoms with Crippen LogP contribution in [0.4, 0.5) is 0 Å². The third-order valence-electron chi connectivity index (χ3n) is 6.17. The third kappa shape index (κ3) is 7.76. The minimum absolute atomic E-state index is 0.149. The molecule has 152 valence electrons. The Balaban J connectivity index is 1.81. The highest BCUT2D eigenvalue weighted by Gasteiger charge is 2.28. The van der Waals surface area contributed by atoms with Gasteiger partial charge in [-0.1, -0.05) is 46.8 Å². The van der Waals surface area contributed by atoms with E-state index >= 15 is 0 Å². The molecule has 2 aliphatic rings. The van der Waals surface area contributed by atoms with Crippen molar-refractivity contribution in [3.8, 4) is 0 Å². The topological polar surface area (TPSA) is 34.1 Å². The molecule has 2 heteroatoms. The first-order valence-corrected chi connectivity index (χ1v) is 11.0. The number of allylic oxidation sites excluding steroid dienone is 4. The molecule has 2 aliphatic carbocycles. The number of Topliss-reactive ketones (excluding diaryl/α,β-unsaturated/α-hetero) is 2. The van der Waals surface area contributed by atoms with Gasteiger partial charge in [-0.2, -0.15) is 0 Å². The minimum Gasteiger partial charge on any atom is -0.295 e. The summed E-state index contributed by atoms with van der Waals surface area (Å²) in [6.07, 6.45) is 15.2. The Bertz CT molecular complexity index is 598. The Kier molecular flexibility index (Phi) is 7.65. The maximum atomic E-state index is 12.5. The summed E-state index contributed by atoms with van der Waals surface area (Å²) in [5.74, 6) is 1.21. The SMILES string of the molecule is CC(C)(C)CCC(=O)C1=CC(CC(C)(C)CCC(=O)C2=CCCCC2)CC1. The fraction of sp³-hybridized carbons (Fsp3) is 0.760. The van der Waals surface area contributed by atoms with Crippen LogP contribution in [-0.4, -0.2) is 11.6 Å². The first kappa shape index (κ1) is 22.1. The highest BCUT2D eigenvalue weighted by atomic mass is 16.1. The second kappa shape index (κ2) is 9.34. The van der Waals surface area contributed by atoms with Crippen LogP contribution in [0.1, 0.15) is 105 Å². The van der Waals surface area contributed by atoms with Crippen molar-refractivity contribution in [3.63, 3.8) is 0 Å². The Morgan fingerprint density at radius 3 is 2.22 bits per heavy atom. The largest absolute Gasteiger partial charge is 0.295 e. The van der Waals surface area contributed by atoms with E-state index in [0.29, 0.717) is 30.3 Å². The molecule has 0 fully saturated rings. The van der Waals surface area contributed by atoms with Gasteiger partial charge in [0.1, 0.15) is 0 Å². The predicted octanol–water partition coefficient (Wildman–Crippen LogP) is 6.98. The molecule has 2 nitrogen and oxygen atoms in total. The van der Waals surface area contributed by atoms with E-state index in [-0.39, 0.29) is 10.8 Å². The van der Waals surface area contributed by atoms with Crippen molar-refractivity contribution in [3.05, 3.63) is 23.3 Å². The Morgan fingerprint density at radius 1 is 0.926 bits per heavy atom. The lowest BCUT2D eigenvalue weighted by Gasteiger charge is -2.27. The molecule has 0 heterocycles. The molecule has 2 rings (SSSR count). The van der Waals surface area contributed by atoms with Gasteiger partial charge in [0.15, 0.2) is 11.6 Å². The summed E-state index contributed by atoms with van der Waals surface area (Å²) in [6, 6.07) is 0. The zero-order valence-electron chi connectivity index (χ0n) is 18.3. The Hall–Kier alpha value is -1.18. The molecule has 0 spiro atoms. The normalized spacial score (nSPS) is 21.0. The molecule has 1 unspecified atom stereocenters. The Labute approximate surface area is 166 Å². The van der Waals surface area contributed by atoms with Crippen LogP contribution in [-0.2, 0) is 9.59 Å². The molecular weight excluding hydrogens is 332 g/mol. The number of hydrogen-bond acceptors (Lipinski definition) is 2. The molecule has 0 N–H and O–H groups in total. The van der Waals surface area contributed by atoms with E-state index in [9.17, 15) is 9.59 Å². The van der Waals surface area contributed by atoms with Crippen LogP contribution in [0.15, 0.2) is 23.3 Å². The van der Waals surface area contributed by atoms with Gasteiger partial charge in [-0.25, -0.2) is 0 Å². The molecule has 0 aromatic heterocycles. The van der Waals surface area contributed by atoms with Crippen molar-refractivity contribution in [2.24, 2.45) is 16.7 Å². The Morgan fingerprint density at radius 2 is 1.59 bits per heavy atom. The van der Waals surface area contributed by atoms with Crippen molar-refractivity contribution in [2.45, 2.75) is 105 Å². The number of rotatable bonds is 9. The van der Waals surface area contributed by atoms with Gasteiger partial charge in [0.05, 0.1) is 0 Å². The van der Waals surface area contributed by atoms with Crippen molar-refractivity contribution < 1.29 is 9.59 Å². The highest BCUT2D eigenvalue weighted by molar-refractivity contribution is 5.96. The van der Waals surface area contributed by atoms with Crippen LogP contribution >= 0.6 is 0 Å². The first-order valence-electron chi connectivity index (χ1n) is 11.0. The van der Waals surface area contributed by atoms with Crippen LogP contribution in [0, 0.1) is 16.7 Å². The highest BCUT2D eigenvalue weighted by Crippen LogP contribution is 2.38. The summed E-state index contributed by atoms with van der Waals surface area (Å²) in [7, 11) is 0. The maximum absolute atomic E-state index is 12.5. The van der Waals surface area contributed by atoms with E-state index in [1.165, 1.54) is 12.8 Å². The first-order chi connectivity index (χ1) is 12.6. The lowest BCUT2D eigenvalue weighted by molar-refractivity contribution is -0.117. The minimum atomic E-state index is 0.149. The van der Waals surface area contributed by atoms with Crippen LogP contribution in [0.5, 0.6) is 0 Å². The standard InChI is InChI=1S/C25H40O2/c1-24(2,3)15-13-23(27)21-12-11-19(17-21)18-25(4,5)16-14-22(26)20-9-7-6-8-10-20/h9,17,19H,6-8,10-16,18H2,1-5H3. The van der Waals surface area contributed by atoms with E-state index < -0.39 is 0 Å². The average molecular weight is 373 g/mol. The summed E-state index contributed by atoms with van der Waals surface area (Å²) < 4.78 is 0. The molecule has 27 heavy (non-hydrogen) atoms. The summed E-state index contributed by atoms with van der Waals surface area (Å²) in [5, 5.41) is 0. The molecule has 1 atom stereocenters. The van der Waals surface area contributed by atoms with Crippen LogP contribution in [0.25, 0.3) is 0 Å². The van der Waals surface area contributed by atoms with Crippen LogP contribution in [0.2, 0.25) is 0 Å². The summed E-state index contributed by atoms with van der Waals surface area (Å²) in [4.78, 5) is 24.9. The zero-order chi connectivity index (χ0) is 20.1. The molecule has 0 aromatic rings. The van der Waals surface area contributed by atoms with Gasteiger partial charge < -0.3 is 0 Å². The van der Waals surface area contributed by atoms with E-state index in [1.54, 1.807) is 0 Å². The molecule has 0 saturated carbocycles. The second-order valence-corrected chi connectivity index (χ2v) is 10.7. The van der Waals surface area contributed by atoms with Gasteiger partial charge in [0, 0.05) is 12.8 Å². The third-order valence-corrected chi connectivity index (χ3v) is 6.17. The molecule has 0 amide bonds. The van der Waals surface area contributed by atoms with Gasteiger partial charge in [-0.15, -0.1) is 0 Å². The van der Waals surface area contributed by atoms with Crippen LogP contribution in [0.3, 0.4) is 0 Å². The fourth-order valence-electron chi connectivity index (χ4n) is 4.35. The second-order valence-electron chi connectivity index (χ2n) is 10.7. The van der Waals surface area contributed by atoms with E-state index in [1.807, 2.05) is 0 Å². The van der Waals surface area contributed by atoms with Crippen LogP contribution < -0.4 is 0 Å². The van der Waals surface area contributed by atoms with Gasteiger partial charge >= 0.3 is 0 Å². The molecule has 0 radical (unpaired) electrons. The molecule has 0 aliphatic heterocycles. The van der Waals surface area contributed by atoms with Crippen molar-refractivity contribution in [2.75, 3.05) is 0 Å². The fourth-order valence-corrected chi connectivity index (χ4v) is 4.35. The van der Waals surface area contributed by atoms with Gasteiger partial charge in [0.25, 0.3) is 0 Å². The summed E-state index contributed by atoms with van der Waals surface area (Å²) in [5.41, 5.74) is 2.50. The molecular formula is C25H40O2. The number of ketones is 2. The van der Waals surface area contributed by atoms with Gasteiger partial charge in [-0.05, 0) is 85.7 Å². The van der Waals surface area contributed by atoms with Crippen molar-refractivity contribution in [1.82, 2.24) is 0 Å². The number of hydrogen-bond donors (Lipinski definition) is 0. The number of carbonyl (C=O) groups is 2. The van der Waals surface area contributed by atoms with Gasteiger partial charge in [-0.3, -0.25) is 9.59 Å². The zero-order valence-corrected chi connectivity index (χ0v) is 18.3. The van der Waals surface area contributed by atoms with Gasteiger partial charge in [0.2, 0.25) is 0 Å². The number of carbonyl (C=O) groups excluding carboxylic acids is 2. The quantitative estimate of drug-likeness (QED) is 0.437. The molecule has 0 bridgehead atoms. The summed E-state index contributed by atoms with van der Waals surface area (Å²) >= 11 is 0. The van der Waals surface area contributed by atoms with Crippen molar-refractivity contribution in [1.29, 1.82) is 0 Å². The monoisotopic (exact) mass is 372 g/mol. The van der Waals surface area contributed by atoms with E-state index in [2.05, 4.69) is 46.8 Å². The average Bonchev–Trinajstić information content (AvgIpc) is 3.05.